The Hall–Kier alpha value is -2.51. The van der Waals surface area contributed by atoms with Crippen molar-refractivity contribution in [3.8, 4) is 0 Å². The summed E-state index contributed by atoms with van der Waals surface area (Å²) in [6.45, 7) is 3.88. The van der Waals surface area contributed by atoms with Gasteiger partial charge in [-0.2, -0.15) is 0 Å². The lowest BCUT2D eigenvalue weighted by Crippen LogP contribution is -2.19. The standard InChI is InChI=1S/C15H17F2N5O/c1-9(2)22-8-13(20-21-22)19-14(23)18-11-5-3-4-10(6-11)12-7-15(12,16)17/h3-6,8-9,12H,7H2,1-2H3,(H2,18,19,23). The minimum Gasteiger partial charge on any atom is -0.308 e. The summed E-state index contributed by atoms with van der Waals surface area (Å²) >= 11 is 0. The number of nitrogens with zero attached hydrogens (tertiary/aromatic N) is 3. The van der Waals surface area contributed by atoms with Crippen molar-refractivity contribution >= 4 is 17.5 Å². The van der Waals surface area contributed by atoms with Gasteiger partial charge < -0.3 is 5.32 Å². The van der Waals surface area contributed by atoms with Gasteiger partial charge in [0, 0.05) is 18.2 Å². The van der Waals surface area contributed by atoms with E-state index in [4.69, 9.17) is 0 Å². The second-order valence-corrected chi connectivity index (χ2v) is 5.90. The van der Waals surface area contributed by atoms with Crippen molar-refractivity contribution < 1.29 is 13.6 Å². The van der Waals surface area contributed by atoms with E-state index in [-0.39, 0.29) is 12.5 Å². The molecule has 0 aliphatic heterocycles. The van der Waals surface area contributed by atoms with Gasteiger partial charge in [0.25, 0.3) is 5.92 Å². The third-order valence-electron chi connectivity index (χ3n) is 3.65. The summed E-state index contributed by atoms with van der Waals surface area (Å²) in [6.07, 6.45) is 1.48. The Labute approximate surface area is 131 Å². The number of halogens is 2. The quantitative estimate of drug-likeness (QED) is 0.903. The van der Waals surface area contributed by atoms with E-state index in [1.807, 2.05) is 13.8 Å². The predicted molar refractivity (Wildman–Crippen MR) is 81.8 cm³/mol. The fraction of sp³-hybridized carbons (Fsp3) is 0.400. The van der Waals surface area contributed by atoms with Crippen LogP contribution in [0, 0.1) is 0 Å². The fourth-order valence-electron chi connectivity index (χ4n) is 2.27. The number of hydrogen-bond donors (Lipinski definition) is 2. The average Bonchev–Trinajstić information content (AvgIpc) is 2.90. The first-order chi connectivity index (χ1) is 10.8. The molecule has 1 unspecified atom stereocenters. The zero-order valence-electron chi connectivity index (χ0n) is 12.8. The molecule has 3 rings (SSSR count). The monoisotopic (exact) mass is 321 g/mol. The van der Waals surface area contributed by atoms with Crippen molar-refractivity contribution in [1.82, 2.24) is 15.0 Å². The number of nitrogens with one attached hydrogen (secondary N) is 2. The maximum absolute atomic E-state index is 13.1. The fourth-order valence-corrected chi connectivity index (χ4v) is 2.27. The predicted octanol–water partition coefficient (Wildman–Crippen LogP) is 3.63. The van der Waals surface area contributed by atoms with E-state index in [1.165, 1.54) is 0 Å². The molecule has 1 fully saturated rings. The number of alkyl halides is 2. The number of rotatable bonds is 4. The van der Waals surface area contributed by atoms with Crippen LogP contribution in [0.3, 0.4) is 0 Å². The number of anilines is 2. The summed E-state index contributed by atoms with van der Waals surface area (Å²) in [5, 5.41) is 12.9. The van der Waals surface area contributed by atoms with Crippen molar-refractivity contribution in [2.45, 2.75) is 38.2 Å². The van der Waals surface area contributed by atoms with Gasteiger partial charge in [0.15, 0.2) is 5.82 Å². The van der Waals surface area contributed by atoms with Crippen LogP contribution in [-0.2, 0) is 0 Å². The van der Waals surface area contributed by atoms with Gasteiger partial charge in [0.1, 0.15) is 0 Å². The smallest absolute Gasteiger partial charge is 0.308 e. The van der Waals surface area contributed by atoms with Crippen LogP contribution >= 0.6 is 0 Å². The van der Waals surface area contributed by atoms with Crippen LogP contribution in [0.1, 0.15) is 37.8 Å². The van der Waals surface area contributed by atoms with Crippen molar-refractivity contribution in [3.05, 3.63) is 36.0 Å². The summed E-state index contributed by atoms with van der Waals surface area (Å²) in [6, 6.07) is 6.14. The number of urea groups is 1. The highest BCUT2D eigenvalue weighted by Crippen LogP contribution is 2.55. The number of benzene rings is 1. The number of hydrogen-bond acceptors (Lipinski definition) is 3. The van der Waals surface area contributed by atoms with E-state index in [1.54, 1.807) is 35.1 Å². The molecule has 0 spiro atoms. The van der Waals surface area contributed by atoms with Crippen LogP contribution in [0.2, 0.25) is 0 Å². The molecule has 1 aliphatic carbocycles. The highest BCUT2D eigenvalue weighted by molar-refractivity contribution is 5.99. The van der Waals surface area contributed by atoms with Crippen LogP contribution in [0.5, 0.6) is 0 Å². The zero-order chi connectivity index (χ0) is 16.6. The van der Waals surface area contributed by atoms with Crippen molar-refractivity contribution in [2.24, 2.45) is 0 Å². The summed E-state index contributed by atoms with van der Waals surface area (Å²) in [7, 11) is 0. The molecule has 1 heterocycles. The minimum absolute atomic E-state index is 0.137. The molecule has 6 nitrogen and oxygen atoms in total. The van der Waals surface area contributed by atoms with Gasteiger partial charge in [0.05, 0.1) is 12.1 Å². The van der Waals surface area contributed by atoms with Crippen LogP contribution in [0.15, 0.2) is 30.5 Å². The second kappa shape index (κ2) is 5.60. The molecule has 2 amide bonds. The summed E-state index contributed by atoms with van der Waals surface area (Å²) in [5.74, 6) is -3.06. The van der Waals surface area contributed by atoms with Crippen LogP contribution in [0.4, 0.5) is 25.1 Å². The molecule has 2 aromatic rings. The molecule has 0 bridgehead atoms. The maximum atomic E-state index is 13.1. The van der Waals surface area contributed by atoms with Crippen LogP contribution < -0.4 is 10.6 Å². The van der Waals surface area contributed by atoms with Gasteiger partial charge in [-0.25, -0.2) is 18.3 Å². The Balaban J connectivity index is 1.62. The zero-order valence-corrected chi connectivity index (χ0v) is 12.8. The first-order valence-electron chi connectivity index (χ1n) is 7.33. The molecular weight excluding hydrogens is 304 g/mol. The first-order valence-corrected chi connectivity index (χ1v) is 7.33. The van der Waals surface area contributed by atoms with Crippen molar-refractivity contribution in [1.29, 1.82) is 0 Å². The molecular formula is C15H17F2N5O. The third kappa shape index (κ3) is 3.46. The van der Waals surface area contributed by atoms with E-state index >= 15 is 0 Å². The van der Waals surface area contributed by atoms with E-state index < -0.39 is 17.9 Å². The lowest BCUT2D eigenvalue weighted by Gasteiger charge is -2.07. The topological polar surface area (TPSA) is 71.8 Å². The molecule has 8 heteroatoms. The van der Waals surface area contributed by atoms with Gasteiger partial charge in [-0.15, -0.1) is 5.10 Å². The Morgan fingerprint density at radius 1 is 1.39 bits per heavy atom. The molecule has 1 aromatic carbocycles. The molecule has 0 saturated heterocycles. The SMILES string of the molecule is CC(C)n1cc(NC(=O)Nc2cccc(C3CC3(F)F)c2)nn1. The highest BCUT2D eigenvalue weighted by atomic mass is 19.3. The Morgan fingerprint density at radius 3 is 2.74 bits per heavy atom. The van der Waals surface area contributed by atoms with E-state index in [0.29, 0.717) is 17.1 Å². The number of amides is 2. The van der Waals surface area contributed by atoms with Crippen molar-refractivity contribution in [2.75, 3.05) is 10.6 Å². The van der Waals surface area contributed by atoms with E-state index in [0.717, 1.165) is 0 Å². The summed E-state index contributed by atoms with van der Waals surface area (Å²) < 4.78 is 27.8. The molecule has 1 atom stereocenters. The molecule has 23 heavy (non-hydrogen) atoms. The Bertz CT molecular complexity index is 728. The van der Waals surface area contributed by atoms with Gasteiger partial charge in [0.2, 0.25) is 0 Å². The summed E-state index contributed by atoms with van der Waals surface area (Å²) in [4.78, 5) is 11.9. The third-order valence-corrected chi connectivity index (χ3v) is 3.65. The minimum atomic E-state index is -2.63. The molecule has 2 N–H and O–H groups in total. The molecule has 1 aromatic heterocycles. The average molecular weight is 321 g/mol. The lowest BCUT2D eigenvalue weighted by molar-refractivity contribution is 0.112. The van der Waals surface area contributed by atoms with E-state index in [2.05, 4.69) is 20.9 Å². The number of carbonyl (C=O) groups is 1. The van der Waals surface area contributed by atoms with Gasteiger partial charge in [-0.1, -0.05) is 17.3 Å². The largest absolute Gasteiger partial charge is 0.324 e. The molecule has 0 radical (unpaired) electrons. The van der Waals surface area contributed by atoms with Gasteiger partial charge >= 0.3 is 6.03 Å². The Kier molecular flexibility index (Phi) is 3.75. The molecule has 1 aliphatic rings. The first kappa shape index (κ1) is 15.4. The highest BCUT2D eigenvalue weighted by Gasteiger charge is 2.57. The van der Waals surface area contributed by atoms with Crippen molar-refractivity contribution in [3.63, 3.8) is 0 Å². The van der Waals surface area contributed by atoms with E-state index in [9.17, 15) is 13.6 Å². The normalized spacial score (nSPS) is 18.7. The van der Waals surface area contributed by atoms with Gasteiger partial charge in [-0.3, -0.25) is 5.32 Å². The lowest BCUT2D eigenvalue weighted by atomic mass is 10.1. The maximum Gasteiger partial charge on any atom is 0.324 e. The Morgan fingerprint density at radius 2 is 2.13 bits per heavy atom. The molecule has 1 saturated carbocycles. The second-order valence-electron chi connectivity index (χ2n) is 5.90. The van der Waals surface area contributed by atoms with Crippen LogP contribution in [0.25, 0.3) is 0 Å². The number of carbonyl (C=O) groups excluding carboxylic acids is 1. The molecule has 122 valence electrons. The number of aromatic nitrogens is 3. The summed E-state index contributed by atoms with van der Waals surface area (Å²) in [5.41, 5.74) is 0.984. The van der Waals surface area contributed by atoms with Gasteiger partial charge in [-0.05, 0) is 31.5 Å². The van der Waals surface area contributed by atoms with Crippen LogP contribution in [-0.4, -0.2) is 26.9 Å².